The first-order valence-electron chi connectivity index (χ1n) is 8.10. The summed E-state index contributed by atoms with van der Waals surface area (Å²) in [6, 6.07) is 8.38. The highest BCUT2D eigenvalue weighted by molar-refractivity contribution is 6.15. The maximum atomic E-state index is 13.0. The lowest BCUT2D eigenvalue weighted by Crippen LogP contribution is -2.60. The maximum Gasteiger partial charge on any atom is 0.377 e. The van der Waals surface area contributed by atoms with Crippen LogP contribution in [0.15, 0.2) is 34.9 Å². The van der Waals surface area contributed by atoms with Gasteiger partial charge in [-0.2, -0.15) is 0 Å². The van der Waals surface area contributed by atoms with Crippen LogP contribution in [0, 0.1) is 6.92 Å². The second-order valence-corrected chi connectivity index (χ2v) is 6.58. The van der Waals surface area contributed by atoms with Gasteiger partial charge >= 0.3 is 5.97 Å². The van der Waals surface area contributed by atoms with Crippen molar-refractivity contribution in [1.29, 1.82) is 0 Å². The van der Waals surface area contributed by atoms with Crippen LogP contribution in [0.5, 0.6) is 0 Å². The van der Waals surface area contributed by atoms with Crippen molar-refractivity contribution in [3.8, 4) is 0 Å². The van der Waals surface area contributed by atoms with Gasteiger partial charge in [0.2, 0.25) is 11.7 Å². The van der Waals surface area contributed by atoms with E-state index in [2.05, 4.69) is 10.5 Å². The van der Waals surface area contributed by atoms with Gasteiger partial charge in [-0.3, -0.25) is 14.5 Å². The molecule has 1 aliphatic rings. The van der Waals surface area contributed by atoms with Crippen LogP contribution in [0.2, 0.25) is 0 Å². The third-order valence-corrected chi connectivity index (χ3v) is 4.19. The van der Waals surface area contributed by atoms with Crippen LogP contribution in [0.25, 0.3) is 0 Å². The van der Waals surface area contributed by atoms with Gasteiger partial charge in [0.25, 0.3) is 5.91 Å². The number of benzene rings is 1. The van der Waals surface area contributed by atoms with Crippen molar-refractivity contribution in [2.45, 2.75) is 39.3 Å². The molecule has 1 N–H and O–H groups in total. The summed E-state index contributed by atoms with van der Waals surface area (Å²) in [5.74, 6) is -1.71. The van der Waals surface area contributed by atoms with Crippen molar-refractivity contribution in [2.24, 2.45) is 0 Å². The predicted octanol–water partition coefficient (Wildman–Crippen LogP) is 2.29. The zero-order valence-electron chi connectivity index (χ0n) is 14.9. The van der Waals surface area contributed by atoms with E-state index in [0.29, 0.717) is 17.1 Å². The van der Waals surface area contributed by atoms with Crippen molar-refractivity contribution >= 4 is 29.2 Å². The van der Waals surface area contributed by atoms with Gasteiger partial charge in [-0.25, -0.2) is 4.79 Å². The molecule has 2 amide bonds. The Kier molecular flexibility index (Phi) is 4.27. The molecule has 136 valence electrons. The molecule has 2 heterocycles. The fourth-order valence-corrected chi connectivity index (χ4v) is 2.76. The Morgan fingerprint density at radius 3 is 2.65 bits per heavy atom. The van der Waals surface area contributed by atoms with E-state index in [0.717, 1.165) is 0 Å². The fraction of sp³-hybridized carbons (Fsp3) is 0.333. The van der Waals surface area contributed by atoms with Crippen LogP contribution in [-0.2, 0) is 14.3 Å². The lowest BCUT2D eigenvalue weighted by molar-refractivity contribution is -0.131. The van der Waals surface area contributed by atoms with E-state index in [4.69, 9.17) is 9.26 Å². The van der Waals surface area contributed by atoms with E-state index in [1.54, 1.807) is 45.0 Å². The van der Waals surface area contributed by atoms with Gasteiger partial charge in [-0.15, -0.1) is 0 Å². The lowest BCUT2D eigenvalue weighted by Gasteiger charge is -2.42. The summed E-state index contributed by atoms with van der Waals surface area (Å²) in [5, 5.41) is 6.40. The summed E-state index contributed by atoms with van der Waals surface area (Å²) in [6.45, 7) is 6.38. The van der Waals surface area contributed by atoms with Crippen LogP contribution >= 0.6 is 0 Å². The van der Waals surface area contributed by atoms with Gasteiger partial charge in [0.05, 0.1) is 17.1 Å². The smallest absolute Gasteiger partial charge is 0.377 e. The van der Waals surface area contributed by atoms with E-state index >= 15 is 0 Å². The number of anilines is 2. The number of hydrogen-bond acceptors (Lipinski definition) is 6. The highest BCUT2D eigenvalue weighted by Crippen LogP contribution is 2.37. The quantitative estimate of drug-likeness (QED) is 0.846. The Hall–Kier alpha value is -3.16. The molecule has 0 unspecified atom stereocenters. The average molecular weight is 357 g/mol. The zero-order valence-corrected chi connectivity index (χ0v) is 14.9. The summed E-state index contributed by atoms with van der Waals surface area (Å²) in [7, 11) is 0. The standard InChI is InChI=1S/C18H19N3O5/c1-10-9-14(26-20-10)16(23)25-11(2)15(22)21-13-8-6-5-7-12(13)19-17(24)18(21,3)4/h5-9,11H,1-4H3,(H,19,24)/t11-/m0/s1. The van der Waals surface area contributed by atoms with Crippen molar-refractivity contribution in [3.05, 3.63) is 41.8 Å². The molecule has 0 aliphatic carbocycles. The van der Waals surface area contributed by atoms with Crippen LogP contribution in [0.1, 0.15) is 37.0 Å². The minimum atomic E-state index is -1.14. The summed E-state index contributed by atoms with van der Waals surface area (Å²) in [4.78, 5) is 38.9. The summed E-state index contributed by atoms with van der Waals surface area (Å²) >= 11 is 0. The van der Waals surface area contributed by atoms with Gasteiger partial charge in [-0.05, 0) is 39.8 Å². The number of aryl methyl sites for hydroxylation is 1. The minimum absolute atomic E-state index is 0.0850. The van der Waals surface area contributed by atoms with Gasteiger partial charge in [0.1, 0.15) is 5.54 Å². The number of nitrogens with zero attached hydrogens (tertiary/aromatic N) is 2. The minimum Gasteiger partial charge on any atom is -0.447 e. The summed E-state index contributed by atoms with van der Waals surface area (Å²) in [5.41, 5.74) is 0.448. The van der Waals surface area contributed by atoms with Crippen LogP contribution in [0.4, 0.5) is 11.4 Å². The van der Waals surface area contributed by atoms with Gasteiger partial charge in [0, 0.05) is 6.07 Å². The highest BCUT2D eigenvalue weighted by Gasteiger charge is 2.45. The molecule has 1 aliphatic heterocycles. The average Bonchev–Trinajstić information content (AvgIpc) is 3.02. The van der Waals surface area contributed by atoms with Crippen LogP contribution < -0.4 is 10.2 Å². The number of esters is 1. The second-order valence-electron chi connectivity index (χ2n) is 6.58. The number of hydrogen-bond donors (Lipinski definition) is 1. The van der Waals surface area contributed by atoms with Crippen LogP contribution in [-0.4, -0.2) is 34.6 Å². The van der Waals surface area contributed by atoms with Crippen molar-refractivity contribution in [2.75, 3.05) is 10.2 Å². The number of amides is 2. The third kappa shape index (κ3) is 2.94. The van der Waals surface area contributed by atoms with E-state index in [1.165, 1.54) is 17.9 Å². The monoisotopic (exact) mass is 357 g/mol. The Labute approximate surface area is 150 Å². The molecular formula is C18H19N3O5. The Morgan fingerprint density at radius 2 is 2.00 bits per heavy atom. The van der Waals surface area contributed by atoms with Crippen molar-refractivity contribution in [3.63, 3.8) is 0 Å². The largest absolute Gasteiger partial charge is 0.447 e. The number of fused-ring (bicyclic) bond motifs is 1. The summed E-state index contributed by atoms with van der Waals surface area (Å²) < 4.78 is 10.1. The normalized spacial score (nSPS) is 16.5. The van der Waals surface area contributed by atoms with Gasteiger partial charge in [-0.1, -0.05) is 17.3 Å². The SMILES string of the molecule is Cc1cc(C(=O)O[C@@H](C)C(=O)N2c3ccccc3NC(=O)C2(C)C)on1. The molecule has 0 spiro atoms. The van der Waals surface area contributed by atoms with Gasteiger partial charge in [0.15, 0.2) is 6.10 Å². The number of carbonyl (C=O) groups excluding carboxylic acids is 3. The Balaban J connectivity index is 1.87. The number of rotatable bonds is 3. The van der Waals surface area contributed by atoms with Gasteiger partial charge < -0.3 is 14.6 Å². The van der Waals surface area contributed by atoms with Crippen molar-refractivity contribution in [1.82, 2.24) is 5.16 Å². The molecule has 1 atom stereocenters. The molecule has 0 fully saturated rings. The van der Waals surface area contributed by atoms with Crippen molar-refractivity contribution < 1.29 is 23.6 Å². The Bertz CT molecular complexity index is 886. The number of carbonyl (C=O) groups is 3. The van der Waals surface area contributed by atoms with E-state index in [9.17, 15) is 14.4 Å². The molecule has 0 radical (unpaired) electrons. The number of nitrogens with one attached hydrogen (secondary N) is 1. The number of ether oxygens (including phenoxy) is 1. The second kappa shape index (κ2) is 6.29. The zero-order chi connectivity index (χ0) is 19.1. The molecule has 3 rings (SSSR count). The summed E-state index contributed by atoms with van der Waals surface area (Å²) in [6.07, 6.45) is -1.12. The molecule has 0 saturated carbocycles. The molecular weight excluding hydrogens is 338 g/mol. The van der Waals surface area contributed by atoms with E-state index < -0.39 is 23.5 Å². The first kappa shape index (κ1) is 17.7. The molecule has 0 saturated heterocycles. The third-order valence-electron chi connectivity index (χ3n) is 4.19. The van der Waals surface area contributed by atoms with E-state index in [1.807, 2.05) is 0 Å². The molecule has 2 aromatic rings. The first-order valence-corrected chi connectivity index (χ1v) is 8.10. The number of aromatic nitrogens is 1. The fourth-order valence-electron chi connectivity index (χ4n) is 2.76. The first-order chi connectivity index (χ1) is 12.2. The molecule has 1 aromatic carbocycles. The maximum absolute atomic E-state index is 13.0. The molecule has 26 heavy (non-hydrogen) atoms. The van der Waals surface area contributed by atoms with Crippen LogP contribution in [0.3, 0.4) is 0 Å². The lowest BCUT2D eigenvalue weighted by atomic mass is 9.95. The molecule has 1 aromatic heterocycles. The molecule has 8 heteroatoms. The molecule has 0 bridgehead atoms. The molecule has 8 nitrogen and oxygen atoms in total. The predicted molar refractivity (Wildman–Crippen MR) is 92.8 cm³/mol. The Morgan fingerprint density at radius 1 is 1.31 bits per heavy atom. The van der Waals surface area contributed by atoms with E-state index in [-0.39, 0.29) is 11.7 Å². The highest BCUT2D eigenvalue weighted by atomic mass is 16.6. The number of para-hydroxylation sites is 2. The topological polar surface area (TPSA) is 102 Å².